The topological polar surface area (TPSA) is 69.6 Å². The van der Waals surface area contributed by atoms with Crippen LogP contribution in [0.3, 0.4) is 0 Å². The van der Waals surface area contributed by atoms with E-state index in [1.54, 1.807) is 29.8 Å². The lowest BCUT2D eigenvalue weighted by Crippen LogP contribution is -1.97. The molecule has 2 heterocycles. The first-order valence-electron chi connectivity index (χ1n) is 7.16. The summed E-state index contributed by atoms with van der Waals surface area (Å²) in [6, 6.07) is 6.50. The second-order valence-electron chi connectivity index (χ2n) is 5.33. The molecule has 0 unspecified atom stereocenters. The average Bonchev–Trinajstić information content (AvgIpc) is 3.13. The van der Waals surface area contributed by atoms with Gasteiger partial charge in [-0.3, -0.25) is 0 Å². The number of thioether (sulfide) groups is 1. The molecule has 0 atom stereocenters. The zero-order valence-electron chi connectivity index (χ0n) is 13.0. The normalized spacial score (nSPS) is 11.3. The Hall–Kier alpha value is -2.22. The number of benzene rings is 1. The SMILES string of the molecule is CC(C)c1noc(CSc2nnc(-c3ccccc3F)n2C)n1. The molecule has 6 nitrogen and oxygen atoms in total. The number of hydrogen-bond donors (Lipinski definition) is 0. The number of hydrogen-bond acceptors (Lipinski definition) is 6. The summed E-state index contributed by atoms with van der Waals surface area (Å²) in [5, 5.41) is 12.8. The van der Waals surface area contributed by atoms with Crippen LogP contribution in [0.15, 0.2) is 33.9 Å². The van der Waals surface area contributed by atoms with E-state index in [1.165, 1.54) is 17.8 Å². The summed E-state index contributed by atoms with van der Waals surface area (Å²) >= 11 is 1.42. The second kappa shape index (κ2) is 6.49. The molecule has 0 saturated carbocycles. The van der Waals surface area contributed by atoms with Crippen LogP contribution in [0.2, 0.25) is 0 Å². The molecule has 0 saturated heterocycles. The minimum atomic E-state index is -0.321. The molecule has 0 spiro atoms. The maximum absolute atomic E-state index is 13.9. The monoisotopic (exact) mass is 333 g/mol. The number of nitrogens with zero attached hydrogens (tertiary/aromatic N) is 5. The van der Waals surface area contributed by atoms with Crippen molar-refractivity contribution < 1.29 is 8.91 Å². The third-order valence-electron chi connectivity index (χ3n) is 3.27. The Morgan fingerprint density at radius 1 is 1.26 bits per heavy atom. The van der Waals surface area contributed by atoms with Crippen LogP contribution >= 0.6 is 11.8 Å². The van der Waals surface area contributed by atoms with Crippen LogP contribution in [0, 0.1) is 5.82 Å². The first-order valence-corrected chi connectivity index (χ1v) is 8.14. The van der Waals surface area contributed by atoms with E-state index in [1.807, 2.05) is 13.8 Å². The van der Waals surface area contributed by atoms with Crippen LogP contribution in [-0.2, 0) is 12.8 Å². The summed E-state index contributed by atoms with van der Waals surface area (Å²) in [5.74, 6) is 2.10. The van der Waals surface area contributed by atoms with Gasteiger partial charge >= 0.3 is 0 Å². The fourth-order valence-electron chi connectivity index (χ4n) is 2.01. The Kier molecular flexibility index (Phi) is 4.42. The van der Waals surface area contributed by atoms with Gasteiger partial charge in [0.15, 0.2) is 16.8 Å². The van der Waals surface area contributed by atoms with Crippen molar-refractivity contribution in [3.8, 4) is 11.4 Å². The molecule has 3 rings (SSSR count). The quantitative estimate of drug-likeness (QED) is 0.666. The Bertz CT molecular complexity index is 814. The van der Waals surface area contributed by atoms with Gasteiger partial charge in [0, 0.05) is 13.0 Å². The van der Waals surface area contributed by atoms with E-state index in [9.17, 15) is 4.39 Å². The van der Waals surface area contributed by atoms with E-state index in [0.29, 0.717) is 34.0 Å². The van der Waals surface area contributed by atoms with Crippen LogP contribution in [0.25, 0.3) is 11.4 Å². The lowest BCUT2D eigenvalue weighted by molar-refractivity contribution is 0.382. The summed E-state index contributed by atoms with van der Waals surface area (Å²) in [5.41, 5.74) is 0.425. The summed E-state index contributed by atoms with van der Waals surface area (Å²) in [6.45, 7) is 4.01. The molecule has 0 radical (unpaired) electrons. The van der Waals surface area contributed by atoms with Gasteiger partial charge < -0.3 is 9.09 Å². The zero-order chi connectivity index (χ0) is 16.4. The van der Waals surface area contributed by atoms with Gasteiger partial charge in [-0.15, -0.1) is 10.2 Å². The highest BCUT2D eigenvalue weighted by molar-refractivity contribution is 7.98. The predicted molar refractivity (Wildman–Crippen MR) is 84.3 cm³/mol. The van der Waals surface area contributed by atoms with E-state index >= 15 is 0 Å². The van der Waals surface area contributed by atoms with Gasteiger partial charge in [-0.2, -0.15) is 4.98 Å². The van der Waals surface area contributed by atoms with Crippen molar-refractivity contribution in [3.63, 3.8) is 0 Å². The summed E-state index contributed by atoms with van der Waals surface area (Å²) in [4.78, 5) is 4.32. The van der Waals surface area contributed by atoms with E-state index in [-0.39, 0.29) is 11.7 Å². The lowest BCUT2D eigenvalue weighted by Gasteiger charge is -2.03. The molecule has 0 fully saturated rings. The molecule has 1 aromatic carbocycles. The maximum Gasteiger partial charge on any atom is 0.237 e. The Balaban J connectivity index is 1.76. The van der Waals surface area contributed by atoms with Crippen molar-refractivity contribution in [1.82, 2.24) is 24.9 Å². The van der Waals surface area contributed by atoms with E-state index in [0.717, 1.165) is 0 Å². The fraction of sp³-hybridized carbons (Fsp3) is 0.333. The minimum Gasteiger partial charge on any atom is -0.338 e. The van der Waals surface area contributed by atoms with Crippen LogP contribution in [0.1, 0.15) is 31.5 Å². The minimum absolute atomic E-state index is 0.222. The molecule has 120 valence electrons. The van der Waals surface area contributed by atoms with Gasteiger partial charge in [-0.1, -0.05) is 42.9 Å². The highest BCUT2D eigenvalue weighted by Gasteiger charge is 2.16. The van der Waals surface area contributed by atoms with Crippen molar-refractivity contribution in [2.45, 2.75) is 30.7 Å². The van der Waals surface area contributed by atoms with Gasteiger partial charge in [-0.05, 0) is 12.1 Å². The number of aromatic nitrogens is 5. The molecule has 0 aliphatic carbocycles. The molecule has 0 aliphatic heterocycles. The van der Waals surface area contributed by atoms with E-state index < -0.39 is 0 Å². The molecule has 0 bridgehead atoms. The predicted octanol–water partition coefficient (Wildman–Crippen LogP) is 3.42. The van der Waals surface area contributed by atoms with Crippen LogP contribution in [0.5, 0.6) is 0 Å². The smallest absolute Gasteiger partial charge is 0.237 e. The Labute approximate surface area is 137 Å². The zero-order valence-corrected chi connectivity index (χ0v) is 13.8. The van der Waals surface area contributed by atoms with E-state index in [4.69, 9.17) is 4.52 Å². The number of rotatable bonds is 5. The molecule has 3 aromatic rings. The first kappa shape index (κ1) is 15.7. The second-order valence-corrected chi connectivity index (χ2v) is 6.28. The molecule has 23 heavy (non-hydrogen) atoms. The van der Waals surface area contributed by atoms with Crippen molar-refractivity contribution >= 4 is 11.8 Å². The molecular weight excluding hydrogens is 317 g/mol. The van der Waals surface area contributed by atoms with Gasteiger partial charge in [0.2, 0.25) is 5.89 Å². The molecule has 0 amide bonds. The molecular formula is C15H16FN5OS. The molecule has 0 N–H and O–H groups in total. The van der Waals surface area contributed by atoms with Crippen LogP contribution in [-0.4, -0.2) is 24.9 Å². The largest absolute Gasteiger partial charge is 0.338 e. The van der Waals surface area contributed by atoms with Gasteiger partial charge in [0.25, 0.3) is 0 Å². The van der Waals surface area contributed by atoms with Gasteiger partial charge in [-0.25, -0.2) is 4.39 Å². The highest BCUT2D eigenvalue weighted by Crippen LogP contribution is 2.26. The lowest BCUT2D eigenvalue weighted by atomic mass is 10.2. The van der Waals surface area contributed by atoms with Crippen molar-refractivity contribution in [2.24, 2.45) is 7.05 Å². The van der Waals surface area contributed by atoms with Crippen molar-refractivity contribution in [1.29, 1.82) is 0 Å². The van der Waals surface area contributed by atoms with Crippen molar-refractivity contribution in [3.05, 3.63) is 41.8 Å². The standard InChI is InChI=1S/C15H16FN5OS/c1-9(2)13-17-12(22-20-13)8-23-15-19-18-14(21(15)3)10-6-4-5-7-11(10)16/h4-7,9H,8H2,1-3H3. The summed E-state index contributed by atoms with van der Waals surface area (Å²) in [6.07, 6.45) is 0. The van der Waals surface area contributed by atoms with Gasteiger partial charge in [0.05, 0.1) is 11.3 Å². The highest BCUT2D eigenvalue weighted by atomic mass is 32.2. The number of halogens is 1. The average molecular weight is 333 g/mol. The maximum atomic E-state index is 13.9. The molecule has 2 aromatic heterocycles. The van der Waals surface area contributed by atoms with Crippen molar-refractivity contribution in [2.75, 3.05) is 0 Å². The summed E-state index contributed by atoms with van der Waals surface area (Å²) in [7, 11) is 1.80. The first-order chi connectivity index (χ1) is 11.1. The third-order valence-corrected chi connectivity index (χ3v) is 4.28. The molecule has 0 aliphatic rings. The Morgan fingerprint density at radius 2 is 2.04 bits per heavy atom. The van der Waals surface area contributed by atoms with Crippen LogP contribution in [0.4, 0.5) is 4.39 Å². The third kappa shape index (κ3) is 3.26. The Morgan fingerprint density at radius 3 is 2.74 bits per heavy atom. The fourth-order valence-corrected chi connectivity index (χ4v) is 2.75. The van der Waals surface area contributed by atoms with Crippen LogP contribution < -0.4 is 0 Å². The molecule has 8 heteroatoms. The van der Waals surface area contributed by atoms with E-state index in [2.05, 4.69) is 20.3 Å². The van der Waals surface area contributed by atoms with Gasteiger partial charge in [0.1, 0.15) is 5.82 Å². The summed E-state index contributed by atoms with van der Waals surface area (Å²) < 4.78 is 20.8.